The second kappa shape index (κ2) is 9.62. The van der Waals surface area contributed by atoms with Crippen LogP contribution < -0.4 is 0 Å². The van der Waals surface area contributed by atoms with Crippen LogP contribution in [0.1, 0.15) is 27.0 Å². The van der Waals surface area contributed by atoms with Gasteiger partial charge in [-0.05, 0) is 23.1 Å². The fourth-order valence-corrected chi connectivity index (χ4v) is 3.33. The van der Waals surface area contributed by atoms with Crippen LogP contribution >= 0.6 is 0 Å². The fourth-order valence-electron chi connectivity index (χ4n) is 3.33. The van der Waals surface area contributed by atoms with Gasteiger partial charge in [0.1, 0.15) is 12.3 Å². The van der Waals surface area contributed by atoms with Crippen molar-refractivity contribution in [3.8, 4) is 0 Å². The number of benzene rings is 3. The molecule has 28 heavy (non-hydrogen) atoms. The van der Waals surface area contributed by atoms with E-state index in [0.29, 0.717) is 18.7 Å². The monoisotopic (exact) mass is 373 g/mol. The van der Waals surface area contributed by atoms with Gasteiger partial charge in [-0.2, -0.15) is 0 Å². The Bertz CT molecular complexity index is 868. The molecule has 142 valence electrons. The minimum atomic E-state index is -0.896. The van der Waals surface area contributed by atoms with E-state index in [0.717, 1.165) is 23.0 Å². The van der Waals surface area contributed by atoms with Crippen molar-refractivity contribution in [3.05, 3.63) is 107 Å². The maximum absolute atomic E-state index is 12.2. The Hall–Kier alpha value is -3.24. The average molecular weight is 373 g/mol. The number of hydrogen-bond donors (Lipinski definition) is 1. The zero-order chi connectivity index (χ0) is 19.8. The molecule has 0 aromatic heterocycles. The third kappa shape index (κ3) is 5.15. The third-order valence-corrected chi connectivity index (χ3v) is 4.78. The summed E-state index contributed by atoms with van der Waals surface area (Å²) >= 11 is 0. The summed E-state index contributed by atoms with van der Waals surface area (Å²) in [5, 5.41) is 9.99. The SMILES string of the molecule is O=Cc1ccccc1CC(C(=O)O)N(Cc1ccccc1)Cc1ccccc1. The van der Waals surface area contributed by atoms with Crippen LogP contribution in [0.5, 0.6) is 0 Å². The number of hydrogen-bond acceptors (Lipinski definition) is 3. The van der Waals surface area contributed by atoms with Crippen molar-refractivity contribution >= 4 is 12.3 Å². The van der Waals surface area contributed by atoms with Gasteiger partial charge < -0.3 is 5.11 Å². The van der Waals surface area contributed by atoms with Crippen molar-refractivity contribution in [2.24, 2.45) is 0 Å². The Balaban J connectivity index is 1.91. The molecule has 1 unspecified atom stereocenters. The largest absolute Gasteiger partial charge is 0.480 e. The van der Waals surface area contributed by atoms with Crippen LogP contribution in [-0.2, 0) is 24.3 Å². The molecule has 4 nitrogen and oxygen atoms in total. The van der Waals surface area contributed by atoms with E-state index in [1.165, 1.54) is 0 Å². The lowest BCUT2D eigenvalue weighted by atomic mass is 9.99. The van der Waals surface area contributed by atoms with Crippen molar-refractivity contribution in [3.63, 3.8) is 0 Å². The van der Waals surface area contributed by atoms with Crippen LogP contribution in [0.3, 0.4) is 0 Å². The molecule has 0 aliphatic carbocycles. The molecule has 3 rings (SSSR count). The lowest BCUT2D eigenvalue weighted by Gasteiger charge is -2.29. The normalized spacial score (nSPS) is 11.9. The molecule has 0 saturated heterocycles. The first-order chi connectivity index (χ1) is 13.7. The summed E-state index contributed by atoms with van der Waals surface area (Å²) in [6, 6.07) is 26.1. The molecule has 1 atom stereocenters. The highest BCUT2D eigenvalue weighted by Gasteiger charge is 2.27. The Morgan fingerprint density at radius 3 is 1.82 bits per heavy atom. The molecule has 0 aliphatic heterocycles. The van der Waals surface area contributed by atoms with Crippen molar-refractivity contribution in [2.45, 2.75) is 25.6 Å². The van der Waals surface area contributed by atoms with Gasteiger partial charge in [-0.1, -0.05) is 84.9 Å². The lowest BCUT2D eigenvalue weighted by Crippen LogP contribution is -2.42. The lowest BCUT2D eigenvalue weighted by molar-refractivity contribution is -0.143. The highest BCUT2D eigenvalue weighted by atomic mass is 16.4. The van der Waals surface area contributed by atoms with Crippen LogP contribution in [0.4, 0.5) is 0 Å². The number of aldehydes is 1. The molecule has 0 saturated carbocycles. The number of carbonyl (C=O) groups excluding carboxylic acids is 1. The van der Waals surface area contributed by atoms with E-state index < -0.39 is 12.0 Å². The average Bonchev–Trinajstić information content (AvgIpc) is 2.73. The number of nitrogens with zero attached hydrogens (tertiary/aromatic N) is 1. The Morgan fingerprint density at radius 2 is 1.32 bits per heavy atom. The van der Waals surface area contributed by atoms with Gasteiger partial charge in [-0.3, -0.25) is 14.5 Å². The second-order valence-electron chi connectivity index (χ2n) is 6.75. The summed E-state index contributed by atoms with van der Waals surface area (Å²) in [4.78, 5) is 25.5. The van der Waals surface area contributed by atoms with Gasteiger partial charge in [-0.15, -0.1) is 0 Å². The highest BCUT2D eigenvalue weighted by molar-refractivity contribution is 5.79. The molecule has 0 heterocycles. The van der Waals surface area contributed by atoms with Crippen molar-refractivity contribution in [1.29, 1.82) is 0 Å². The maximum atomic E-state index is 12.2. The number of carboxylic acids is 1. The van der Waals surface area contributed by atoms with Crippen molar-refractivity contribution in [1.82, 2.24) is 4.90 Å². The Labute approximate surface area is 165 Å². The summed E-state index contributed by atoms with van der Waals surface area (Å²) in [6.45, 7) is 1.02. The standard InChI is InChI=1S/C24H23NO3/c26-18-22-14-8-7-13-21(22)15-23(24(27)28)25(16-19-9-3-1-4-10-19)17-20-11-5-2-6-12-20/h1-14,18,23H,15-17H2,(H,27,28). The van der Waals surface area contributed by atoms with Gasteiger partial charge in [-0.25, -0.2) is 0 Å². The van der Waals surface area contributed by atoms with Crippen LogP contribution in [0, 0.1) is 0 Å². The van der Waals surface area contributed by atoms with E-state index in [2.05, 4.69) is 0 Å². The van der Waals surface area contributed by atoms with Crippen LogP contribution in [0.2, 0.25) is 0 Å². The minimum absolute atomic E-state index is 0.268. The molecule has 4 heteroatoms. The Morgan fingerprint density at radius 1 is 0.821 bits per heavy atom. The first-order valence-electron chi connectivity index (χ1n) is 9.25. The van der Waals surface area contributed by atoms with Gasteiger partial charge in [0.2, 0.25) is 0 Å². The number of carboxylic acid groups (broad SMARTS) is 1. The molecule has 1 N–H and O–H groups in total. The van der Waals surface area contributed by atoms with Crippen molar-refractivity contribution < 1.29 is 14.7 Å². The Kier molecular flexibility index (Phi) is 6.71. The quantitative estimate of drug-likeness (QED) is 0.571. The summed E-state index contributed by atoms with van der Waals surface area (Å²) in [7, 11) is 0. The topological polar surface area (TPSA) is 57.6 Å². The first-order valence-corrected chi connectivity index (χ1v) is 9.25. The summed E-state index contributed by atoms with van der Waals surface area (Å²) < 4.78 is 0. The van der Waals surface area contributed by atoms with E-state index in [-0.39, 0.29) is 6.42 Å². The predicted octanol–water partition coefficient (Wildman–Crippen LogP) is 4.20. The van der Waals surface area contributed by atoms with E-state index in [1.54, 1.807) is 12.1 Å². The smallest absolute Gasteiger partial charge is 0.321 e. The second-order valence-corrected chi connectivity index (χ2v) is 6.75. The summed E-state index contributed by atoms with van der Waals surface area (Å²) in [5.74, 6) is -0.896. The zero-order valence-corrected chi connectivity index (χ0v) is 15.6. The zero-order valence-electron chi connectivity index (χ0n) is 15.6. The maximum Gasteiger partial charge on any atom is 0.321 e. The summed E-state index contributed by atoms with van der Waals surface area (Å²) in [6.07, 6.45) is 1.05. The molecule has 0 bridgehead atoms. The molecule has 3 aromatic rings. The number of rotatable bonds is 9. The van der Waals surface area contributed by atoms with Gasteiger partial charge in [0.05, 0.1) is 0 Å². The minimum Gasteiger partial charge on any atom is -0.480 e. The predicted molar refractivity (Wildman–Crippen MR) is 109 cm³/mol. The van der Waals surface area contributed by atoms with Gasteiger partial charge in [0, 0.05) is 18.7 Å². The van der Waals surface area contributed by atoms with Gasteiger partial charge in [0.25, 0.3) is 0 Å². The molecule has 0 spiro atoms. The third-order valence-electron chi connectivity index (χ3n) is 4.78. The van der Waals surface area contributed by atoms with Gasteiger partial charge in [0.15, 0.2) is 0 Å². The first kappa shape index (κ1) is 19.5. The number of carbonyl (C=O) groups is 2. The molecule has 0 aliphatic rings. The summed E-state index contributed by atoms with van der Waals surface area (Å²) in [5.41, 5.74) is 3.38. The van der Waals surface area contributed by atoms with Crippen LogP contribution in [-0.4, -0.2) is 28.3 Å². The molecule has 0 radical (unpaired) electrons. The van der Waals surface area contributed by atoms with E-state index in [9.17, 15) is 14.7 Å². The molecule has 3 aromatic carbocycles. The van der Waals surface area contributed by atoms with Crippen LogP contribution in [0.25, 0.3) is 0 Å². The van der Waals surface area contributed by atoms with Crippen molar-refractivity contribution in [2.75, 3.05) is 0 Å². The number of aliphatic carboxylic acids is 1. The van der Waals surface area contributed by atoms with E-state index >= 15 is 0 Å². The van der Waals surface area contributed by atoms with E-state index in [4.69, 9.17) is 0 Å². The van der Waals surface area contributed by atoms with Gasteiger partial charge >= 0.3 is 5.97 Å². The fraction of sp³-hybridized carbons (Fsp3) is 0.167. The molecular formula is C24H23NO3. The highest BCUT2D eigenvalue weighted by Crippen LogP contribution is 2.19. The van der Waals surface area contributed by atoms with Crippen LogP contribution in [0.15, 0.2) is 84.9 Å². The molecular weight excluding hydrogens is 350 g/mol. The van der Waals surface area contributed by atoms with E-state index in [1.807, 2.05) is 77.7 Å². The molecule has 0 fully saturated rings. The molecule has 0 amide bonds.